The van der Waals surface area contributed by atoms with Crippen LogP contribution in [0.4, 0.5) is 0 Å². The van der Waals surface area contributed by atoms with Crippen LogP contribution in [0, 0.1) is 0 Å². The molecule has 0 spiro atoms. The molecule has 1 saturated heterocycles. The Hall–Kier alpha value is -2.93. The highest BCUT2D eigenvalue weighted by atomic mass is 16.5. The largest absolute Gasteiger partial charge is 0.492 e. The molecule has 0 bridgehead atoms. The molecular formula is C20H22N4O3. The number of benzene rings is 1. The van der Waals surface area contributed by atoms with Crippen LogP contribution in [-0.2, 0) is 4.74 Å². The fourth-order valence-corrected chi connectivity index (χ4v) is 3.20. The number of rotatable bonds is 7. The van der Waals surface area contributed by atoms with Crippen LogP contribution in [0.3, 0.4) is 0 Å². The second-order valence-corrected chi connectivity index (χ2v) is 6.50. The Kier molecular flexibility index (Phi) is 5.29. The molecule has 27 heavy (non-hydrogen) atoms. The summed E-state index contributed by atoms with van der Waals surface area (Å²) in [6.07, 6.45) is 7.27. The molecule has 1 aromatic carbocycles. The predicted molar refractivity (Wildman–Crippen MR) is 99.8 cm³/mol. The Morgan fingerprint density at radius 3 is 2.96 bits per heavy atom. The van der Waals surface area contributed by atoms with Crippen LogP contribution in [0.5, 0.6) is 5.75 Å². The summed E-state index contributed by atoms with van der Waals surface area (Å²) in [5.74, 6) is 1.17. The van der Waals surface area contributed by atoms with Crippen molar-refractivity contribution in [2.75, 3.05) is 26.3 Å². The standard InChI is InChI=1S/C20H22N4O3/c25-19(18-15-24-10-5-9-21-20(24)22-18)23(14-17-8-4-12-26-17)11-13-27-16-6-2-1-3-7-16/h1-3,5-7,9-10,15,17H,4,8,11-14H2/t17-/m0/s1. The Morgan fingerprint density at radius 2 is 2.19 bits per heavy atom. The van der Waals surface area contributed by atoms with Gasteiger partial charge in [-0.3, -0.25) is 9.20 Å². The van der Waals surface area contributed by atoms with E-state index in [0.717, 1.165) is 25.2 Å². The lowest BCUT2D eigenvalue weighted by atomic mass is 10.2. The number of carbonyl (C=O) groups is 1. The van der Waals surface area contributed by atoms with Crippen LogP contribution in [0.15, 0.2) is 55.0 Å². The second-order valence-electron chi connectivity index (χ2n) is 6.50. The lowest BCUT2D eigenvalue weighted by Crippen LogP contribution is -2.40. The number of hydrogen-bond donors (Lipinski definition) is 0. The number of imidazole rings is 1. The van der Waals surface area contributed by atoms with E-state index in [1.807, 2.05) is 36.5 Å². The van der Waals surface area contributed by atoms with E-state index in [4.69, 9.17) is 9.47 Å². The first kappa shape index (κ1) is 17.5. The van der Waals surface area contributed by atoms with Crippen LogP contribution in [0.2, 0.25) is 0 Å². The second kappa shape index (κ2) is 8.18. The molecule has 0 unspecified atom stereocenters. The minimum absolute atomic E-state index is 0.0702. The quantitative estimate of drug-likeness (QED) is 0.642. The van der Waals surface area contributed by atoms with Gasteiger partial charge < -0.3 is 14.4 Å². The molecule has 1 aliphatic heterocycles. The number of ether oxygens (including phenoxy) is 2. The van der Waals surface area contributed by atoms with Gasteiger partial charge in [0.05, 0.1) is 12.6 Å². The van der Waals surface area contributed by atoms with Crippen LogP contribution in [0.1, 0.15) is 23.3 Å². The lowest BCUT2D eigenvalue weighted by Gasteiger charge is -2.24. The predicted octanol–water partition coefficient (Wildman–Crippen LogP) is 2.43. The Morgan fingerprint density at radius 1 is 1.30 bits per heavy atom. The van der Waals surface area contributed by atoms with Gasteiger partial charge in [-0.2, -0.15) is 0 Å². The van der Waals surface area contributed by atoms with Gasteiger partial charge in [0.15, 0.2) is 0 Å². The van der Waals surface area contributed by atoms with Crippen molar-refractivity contribution >= 4 is 11.7 Å². The van der Waals surface area contributed by atoms with Crippen molar-refractivity contribution in [3.63, 3.8) is 0 Å². The smallest absolute Gasteiger partial charge is 0.274 e. The molecule has 1 atom stereocenters. The average Bonchev–Trinajstić information content (AvgIpc) is 3.37. The molecule has 3 aromatic rings. The molecule has 4 rings (SSSR count). The summed E-state index contributed by atoms with van der Waals surface area (Å²) in [6.45, 7) is 2.17. The molecule has 140 valence electrons. The van der Waals surface area contributed by atoms with Crippen LogP contribution in [0.25, 0.3) is 5.78 Å². The van der Waals surface area contributed by atoms with E-state index in [9.17, 15) is 4.79 Å². The molecule has 0 N–H and O–H groups in total. The number of para-hydroxylation sites is 1. The molecule has 0 radical (unpaired) electrons. The van der Waals surface area contributed by atoms with E-state index < -0.39 is 0 Å². The molecule has 3 heterocycles. The Balaban J connectivity index is 1.46. The highest BCUT2D eigenvalue weighted by molar-refractivity contribution is 5.92. The number of fused-ring (bicyclic) bond motifs is 1. The summed E-state index contributed by atoms with van der Waals surface area (Å²) in [6, 6.07) is 11.4. The molecule has 7 nitrogen and oxygen atoms in total. The Bertz CT molecular complexity index is 857. The summed E-state index contributed by atoms with van der Waals surface area (Å²) < 4.78 is 13.2. The first-order chi connectivity index (χ1) is 13.3. The van der Waals surface area contributed by atoms with E-state index >= 15 is 0 Å². The fraction of sp³-hybridized carbons (Fsp3) is 0.350. The molecule has 1 amide bonds. The van der Waals surface area contributed by atoms with Gasteiger partial charge in [0, 0.05) is 31.7 Å². The molecule has 0 saturated carbocycles. The first-order valence-corrected chi connectivity index (χ1v) is 9.18. The first-order valence-electron chi connectivity index (χ1n) is 9.18. The third-order valence-corrected chi connectivity index (χ3v) is 4.56. The van der Waals surface area contributed by atoms with Crippen molar-refractivity contribution in [1.82, 2.24) is 19.3 Å². The summed E-state index contributed by atoms with van der Waals surface area (Å²) in [5.41, 5.74) is 0.381. The summed E-state index contributed by atoms with van der Waals surface area (Å²) >= 11 is 0. The van der Waals surface area contributed by atoms with E-state index in [0.29, 0.717) is 31.2 Å². The zero-order valence-corrected chi connectivity index (χ0v) is 15.0. The summed E-state index contributed by atoms with van der Waals surface area (Å²) in [4.78, 5) is 23.4. The van der Waals surface area contributed by atoms with E-state index in [1.54, 1.807) is 27.8 Å². The fourth-order valence-electron chi connectivity index (χ4n) is 3.20. The van der Waals surface area contributed by atoms with Crippen molar-refractivity contribution in [3.8, 4) is 5.75 Å². The van der Waals surface area contributed by atoms with Gasteiger partial charge in [-0.05, 0) is 31.0 Å². The topological polar surface area (TPSA) is 69.0 Å². The monoisotopic (exact) mass is 366 g/mol. The van der Waals surface area contributed by atoms with Gasteiger partial charge in [0.25, 0.3) is 5.91 Å². The maximum Gasteiger partial charge on any atom is 0.274 e. The molecule has 1 aliphatic rings. The van der Waals surface area contributed by atoms with Gasteiger partial charge in [-0.15, -0.1) is 0 Å². The van der Waals surface area contributed by atoms with Gasteiger partial charge in [-0.1, -0.05) is 18.2 Å². The molecule has 0 aliphatic carbocycles. The molecule has 7 heteroatoms. The van der Waals surface area contributed by atoms with Crippen molar-refractivity contribution in [2.45, 2.75) is 18.9 Å². The van der Waals surface area contributed by atoms with Crippen LogP contribution >= 0.6 is 0 Å². The normalized spacial score (nSPS) is 16.5. The Labute approximate surface area is 157 Å². The lowest BCUT2D eigenvalue weighted by molar-refractivity contribution is 0.0490. The number of hydrogen-bond acceptors (Lipinski definition) is 5. The van der Waals surface area contributed by atoms with Crippen LogP contribution in [-0.4, -0.2) is 57.6 Å². The van der Waals surface area contributed by atoms with E-state index in [1.165, 1.54) is 0 Å². The van der Waals surface area contributed by atoms with Crippen molar-refractivity contribution in [1.29, 1.82) is 0 Å². The third-order valence-electron chi connectivity index (χ3n) is 4.56. The third kappa shape index (κ3) is 4.25. The highest BCUT2D eigenvalue weighted by Crippen LogP contribution is 2.16. The van der Waals surface area contributed by atoms with Crippen molar-refractivity contribution < 1.29 is 14.3 Å². The van der Waals surface area contributed by atoms with Gasteiger partial charge in [0.1, 0.15) is 18.1 Å². The average molecular weight is 366 g/mol. The summed E-state index contributed by atoms with van der Waals surface area (Å²) in [7, 11) is 0. The van der Waals surface area contributed by atoms with Crippen LogP contribution < -0.4 is 4.74 Å². The number of amides is 1. The molecule has 1 fully saturated rings. The van der Waals surface area contributed by atoms with Gasteiger partial charge in [0.2, 0.25) is 5.78 Å². The maximum atomic E-state index is 13.1. The van der Waals surface area contributed by atoms with Gasteiger partial charge in [-0.25, -0.2) is 9.97 Å². The van der Waals surface area contributed by atoms with Gasteiger partial charge >= 0.3 is 0 Å². The number of nitrogens with zero attached hydrogens (tertiary/aromatic N) is 4. The molecule has 2 aromatic heterocycles. The van der Waals surface area contributed by atoms with Crippen molar-refractivity contribution in [3.05, 3.63) is 60.7 Å². The van der Waals surface area contributed by atoms with E-state index in [-0.39, 0.29) is 12.0 Å². The zero-order chi connectivity index (χ0) is 18.5. The SMILES string of the molecule is O=C(c1cn2cccnc2n1)N(CCOc1ccccc1)C[C@@H]1CCCO1. The minimum atomic E-state index is -0.132. The zero-order valence-electron chi connectivity index (χ0n) is 15.0. The number of carbonyl (C=O) groups excluding carboxylic acids is 1. The maximum absolute atomic E-state index is 13.1. The van der Waals surface area contributed by atoms with E-state index in [2.05, 4.69) is 9.97 Å². The van der Waals surface area contributed by atoms with Crippen molar-refractivity contribution in [2.24, 2.45) is 0 Å². The highest BCUT2D eigenvalue weighted by Gasteiger charge is 2.25. The minimum Gasteiger partial charge on any atom is -0.492 e. The summed E-state index contributed by atoms with van der Waals surface area (Å²) in [5, 5.41) is 0. The number of aromatic nitrogens is 3. The molecular weight excluding hydrogens is 344 g/mol.